The van der Waals surface area contributed by atoms with Gasteiger partial charge in [0.1, 0.15) is 5.82 Å². The lowest BCUT2D eigenvalue weighted by Crippen LogP contribution is -2.36. The van der Waals surface area contributed by atoms with Crippen LogP contribution in [0, 0.1) is 0 Å². The van der Waals surface area contributed by atoms with E-state index in [1.54, 1.807) is 17.1 Å². The fraction of sp³-hybridized carbons (Fsp3) is 0.217. The largest absolute Gasteiger partial charge is 0.378 e. The van der Waals surface area contributed by atoms with Crippen LogP contribution in [0.4, 0.5) is 17.3 Å². The Hall–Kier alpha value is -4.18. The molecule has 0 amide bonds. The quantitative estimate of drug-likeness (QED) is 0.442. The van der Waals surface area contributed by atoms with Gasteiger partial charge in [-0.15, -0.1) is 5.10 Å². The molecule has 4 aromatic heterocycles. The molecule has 164 valence electrons. The fourth-order valence-corrected chi connectivity index (χ4v) is 3.92. The van der Waals surface area contributed by atoms with E-state index >= 15 is 0 Å². The van der Waals surface area contributed by atoms with Crippen LogP contribution >= 0.6 is 0 Å². The predicted molar refractivity (Wildman–Crippen MR) is 125 cm³/mol. The van der Waals surface area contributed by atoms with Crippen molar-refractivity contribution in [1.29, 1.82) is 0 Å². The smallest absolute Gasteiger partial charge is 0.221 e. The Morgan fingerprint density at radius 2 is 1.88 bits per heavy atom. The molecule has 0 radical (unpaired) electrons. The standard InChI is InChI=1S/C23H21N9O/c1-2-17-12-16(3-5-19(17)24-7-1)15-32-23-22(29-30-32)26-14-21(28-23)27-20-6-4-18(13-25-20)31-8-10-33-11-9-31/h1-7,12-14H,8-11,15H2,(H,25,27,28). The number of nitrogens with zero attached hydrogens (tertiary/aromatic N) is 8. The maximum atomic E-state index is 5.41. The van der Waals surface area contributed by atoms with Gasteiger partial charge in [0, 0.05) is 24.7 Å². The summed E-state index contributed by atoms with van der Waals surface area (Å²) in [4.78, 5) is 20.3. The van der Waals surface area contributed by atoms with E-state index in [0.717, 1.165) is 48.5 Å². The monoisotopic (exact) mass is 439 g/mol. The second-order valence-electron chi connectivity index (χ2n) is 7.81. The molecule has 1 saturated heterocycles. The number of pyridine rings is 2. The van der Waals surface area contributed by atoms with Crippen molar-refractivity contribution >= 4 is 39.5 Å². The SMILES string of the molecule is c1cnc2ccc(Cn3nnc4ncc(Nc5ccc(N6CCOCC6)cn5)nc43)cc2c1. The first kappa shape index (κ1) is 19.5. The third kappa shape index (κ3) is 4.03. The van der Waals surface area contributed by atoms with E-state index in [0.29, 0.717) is 29.5 Å². The van der Waals surface area contributed by atoms with Gasteiger partial charge in [0.25, 0.3) is 0 Å². The molecule has 0 unspecified atom stereocenters. The van der Waals surface area contributed by atoms with E-state index in [-0.39, 0.29) is 0 Å². The van der Waals surface area contributed by atoms with E-state index < -0.39 is 0 Å². The highest BCUT2D eigenvalue weighted by molar-refractivity contribution is 5.79. The summed E-state index contributed by atoms with van der Waals surface area (Å²) in [6.07, 6.45) is 5.29. The molecule has 0 bridgehead atoms. The van der Waals surface area contributed by atoms with Crippen LogP contribution in [-0.4, -0.2) is 61.2 Å². The second-order valence-corrected chi connectivity index (χ2v) is 7.81. The van der Waals surface area contributed by atoms with Crippen LogP contribution < -0.4 is 10.2 Å². The van der Waals surface area contributed by atoms with Gasteiger partial charge in [0.2, 0.25) is 5.65 Å². The zero-order valence-corrected chi connectivity index (χ0v) is 17.8. The summed E-state index contributed by atoms with van der Waals surface area (Å²) in [6, 6.07) is 14.1. The Morgan fingerprint density at radius 3 is 2.76 bits per heavy atom. The van der Waals surface area contributed by atoms with Gasteiger partial charge in [-0.3, -0.25) is 4.98 Å². The van der Waals surface area contributed by atoms with Crippen LogP contribution in [0.1, 0.15) is 5.56 Å². The van der Waals surface area contributed by atoms with Gasteiger partial charge < -0.3 is 15.0 Å². The van der Waals surface area contributed by atoms with Crippen molar-refractivity contribution in [1.82, 2.24) is 34.9 Å². The Kier molecular flexibility index (Phi) is 4.96. The molecule has 0 saturated carbocycles. The minimum absolute atomic E-state index is 0.499. The number of rotatable bonds is 5. The lowest BCUT2D eigenvalue weighted by Gasteiger charge is -2.28. The number of fused-ring (bicyclic) bond motifs is 2. The van der Waals surface area contributed by atoms with Crippen molar-refractivity contribution in [2.45, 2.75) is 6.54 Å². The van der Waals surface area contributed by atoms with Crippen molar-refractivity contribution in [2.24, 2.45) is 0 Å². The van der Waals surface area contributed by atoms with Gasteiger partial charge in [-0.25, -0.2) is 19.6 Å². The van der Waals surface area contributed by atoms with Gasteiger partial charge in [-0.2, -0.15) is 0 Å². The Balaban J connectivity index is 1.22. The molecule has 1 aliphatic rings. The van der Waals surface area contributed by atoms with Crippen LogP contribution in [0.2, 0.25) is 0 Å². The van der Waals surface area contributed by atoms with Crippen molar-refractivity contribution in [2.75, 3.05) is 36.5 Å². The van der Waals surface area contributed by atoms with Gasteiger partial charge in [0.05, 0.1) is 43.4 Å². The van der Waals surface area contributed by atoms with Crippen molar-refractivity contribution in [3.8, 4) is 0 Å². The third-order valence-electron chi connectivity index (χ3n) is 5.61. The summed E-state index contributed by atoms with van der Waals surface area (Å²) < 4.78 is 7.16. The predicted octanol–water partition coefficient (Wildman–Crippen LogP) is 2.79. The summed E-state index contributed by atoms with van der Waals surface area (Å²) in [5, 5.41) is 12.7. The average molecular weight is 439 g/mol. The first-order valence-corrected chi connectivity index (χ1v) is 10.8. The highest BCUT2D eigenvalue weighted by Crippen LogP contribution is 2.20. The van der Waals surface area contributed by atoms with E-state index in [4.69, 9.17) is 4.74 Å². The first-order chi connectivity index (χ1) is 16.3. The minimum atomic E-state index is 0.499. The summed E-state index contributed by atoms with van der Waals surface area (Å²) in [7, 11) is 0. The summed E-state index contributed by atoms with van der Waals surface area (Å²) >= 11 is 0. The van der Waals surface area contributed by atoms with E-state index in [1.807, 2.05) is 42.6 Å². The van der Waals surface area contributed by atoms with Gasteiger partial charge in [-0.1, -0.05) is 17.3 Å². The number of benzene rings is 1. The molecular formula is C23H21N9O. The molecule has 0 aliphatic carbocycles. The molecule has 0 atom stereocenters. The van der Waals surface area contributed by atoms with Gasteiger partial charge >= 0.3 is 0 Å². The van der Waals surface area contributed by atoms with E-state index in [1.165, 1.54) is 0 Å². The Bertz CT molecular complexity index is 1410. The molecule has 6 rings (SSSR count). The number of anilines is 3. The van der Waals surface area contributed by atoms with Gasteiger partial charge in [-0.05, 0) is 35.9 Å². The Morgan fingerprint density at radius 1 is 0.939 bits per heavy atom. The molecule has 0 spiro atoms. The third-order valence-corrected chi connectivity index (χ3v) is 5.61. The second kappa shape index (κ2) is 8.40. The van der Waals surface area contributed by atoms with Crippen LogP contribution in [0.3, 0.4) is 0 Å². The summed E-state index contributed by atoms with van der Waals surface area (Å²) in [6.45, 7) is 3.77. The van der Waals surface area contributed by atoms with Gasteiger partial charge in [0.15, 0.2) is 11.5 Å². The van der Waals surface area contributed by atoms with E-state index in [2.05, 4.69) is 46.5 Å². The molecule has 10 nitrogen and oxygen atoms in total. The Labute approximate surface area is 189 Å². The number of morpholine rings is 1. The van der Waals surface area contributed by atoms with Crippen molar-refractivity contribution in [3.63, 3.8) is 0 Å². The molecular weight excluding hydrogens is 418 g/mol. The molecule has 1 fully saturated rings. The highest BCUT2D eigenvalue weighted by atomic mass is 16.5. The first-order valence-electron chi connectivity index (χ1n) is 10.8. The molecule has 1 aliphatic heterocycles. The summed E-state index contributed by atoms with van der Waals surface area (Å²) in [5.41, 5.74) is 4.24. The molecule has 1 N–H and O–H groups in total. The zero-order valence-electron chi connectivity index (χ0n) is 17.8. The normalized spacial score (nSPS) is 14.1. The number of aromatic nitrogens is 7. The van der Waals surface area contributed by atoms with Crippen LogP contribution in [0.25, 0.3) is 22.2 Å². The minimum Gasteiger partial charge on any atom is -0.378 e. The highest BCUT2D eigenvalue weighted by Gasteiger charge is 2.13. The topological polar surface area (TPSA) is 107 Å². The van der Waals surface area contributed by atoms with Crippen LogP contribution in [-0.2, 0) is 11.3 Å². The number of nitrogens with one attached hydrogen (secondary N) is 1. The molecule has 1 aromatic carbocycles. The zero-order chi connectivity index (χ0) is 22.0. The van der Waals surface area contributed by atoms with Crippen molar-refractivity contribution < 1.29 is 4.74 Å². The van der Waals surface area contributed by atoms with Crippen LogP contribution in [0.5, 0.6) is 0 Å². The fourth-order valence-electron chi connectivity index (χ4n) is 3.92. The molecule has 33 heavy (non-hydrogen) atoms. The van der Waals surface area contributed by atoms with Crippen LogP contribution in [0.15, 0.2) is 61.1 Å². The maximum Gasteiger partial charge on any atom is 0.221 e. The summed E-state index contributed by atoms with van der Waals surface area (Å²) in [5.74, 6) is 1.28. The van der Waals surface area contributed by atoms with Crippen molar-refractivity contribution in [3.05, 3.63) is 66.6 Å². The average Bonchev–Trinajstić information content (AvgIpc) is 3.27. The molecule has 5 aromatic rings. The maximum absolute atomic E-state index is 5.41. The number of ether oxygens (including phenoxy) is 1. The lowest BCUT2D eigenvalue weighted by atomic mass is 10.1. The number of hydrogen-bond donors (Lipinski definition) is 1. The molecule has 10 heteroatoms. The molecule has 5 heterocycles. The number of hydrogen-bond acceptors (Lipinski definition) is 9. The van der Waals surface area contributed by atoms with E-state index in [9.17, 15) is 0 Å². The lowest BCUT2D eigenvalue weighted by molar-refractivity contribution is 0.122.